The van der Waals surface area contributed by atoms with Crippen LogP contribution in [0.2, 0.25) is 0 Å². The zero-order chi connectivity index (χ0) is 6.81. The molecule has 2 fully saturated rings. The van der Waals surface area contributed by atoms with Crippen molar-refractivity contribution in [1.82, 2.24) is 5.32 Å². The fourth-order valence-corrected chi connectivity index (χ4v) is 1.84. The quantitative estimate of drug-likeness (QED) is 0.628. The molecule has 1 saturated heterocycles. The van der Waals surface area contributed by atoms with Gasteiger partial charge in [-0.2, -0.15) is 0 Å². The van der Waals surface area contributed by atoms with Gasteiger partial charge in [0.25, 0.3) is 0 Å². The Morgan fingerprint density at radius 3 is 2.40 bits per heavy atom. The van der Waals surface area contributed by atoms with Gasteiger partial charge in [0.2, 0.25) is 0 Å². The second-order valence-electron chi connectivity index (χ2n) is 3.88. The Morgan fingerprint density at radius 2 is 1.80 bits per heavy atom. The summed E-state index contributed by atoms with van der Waals surface area (Å²) in [7, 11) is 0. The van der Waals surface area contributed by atoms with Gasteiger partial charge in [-0.1, -0.05) is 19.3 Å². The summed E-state index contributed by atoms with van der Waals surface area (Å²) in [6.07, 6.45) is 7.51. The summed E-state index contributed by atoms with van der Waals surface area (Å²) in [4.78, 5) is 0. The van der Waals surface area contributed by atoms with Crippen molar-refractivity contribution >= 4 is 0 Å². The molecule has 0 spiro atoms. The maximum absolute atomic E-state index is 3.42. The summed E-state index contributed by atoms with van der Waals surface area (Å²) in [5.41, 5.74) is 0. The van der Waals surface area contributed by atoms with Crippen LogP contribution < -0.4 is 5.32 Å². The van der Waals surface area contributed by atoms with Crippen LogP contribution in [-0.2, 0) is 0 Å². The van der Waals surface area contributed by atoms with Crippen molar-refractivity contribution in [1.29, 1.82) is 0 Å². The van der Waals surface area contributed by atoms with Crippen LogP contribution in [0.1, 0.15) is 32.1 Å². The molecule has 58 valence electrons. The largest absolute Gasteiger partial charge is 0.316 e. The zero-order valence-corrected chi connectivity index (χ0v) is 6.60. The summed E-state index contributed by atoms with van der Waals surface area (Å²) in [5, 5.41) is 3.42. The molecule has 0 bridgehead atoms. The Bertz CT molecular complexity index is 101. The topological polar surface area (TPSA) is 12.0 Å². The van der Waals surface area contributed by atoms with Crippen LogP contribution in [0.3, 0.4) is 0 Å². The first-order valence-electron chi connectivity index (χ1n) is 4.66. The first-order valence-corrected chi connectivity index (χ1v) is 4.66. The van der Waals surface area contributed by atoms with Crippen LogP contribution >= 0.6 is 0 Å². The molecule has 1 unspecified atom stereocenters. The lowest BCUT2D eigenvalue weighted by Crippen LogP contribution is -2.08. The van der Waals surface area contributed by atoms with Crippen LogP contribution in [0.5, 0.6) is 0 Å². The van der Waals surface area contributed by atoms with E-state index in [9.17, 15) is 0 Å². The Labute approximate surface area is 63.2 Å². The summed E-state index contributed by atoms with van der Waals surface area (Å²) < 4.78 is 0. The number of hydrogen-bond donors (Lipinski definition) is 1. The van der Waals surface area contributed by atoms with E-state index in [1.807, 2.05) is 0 Å². The van der Waals surface area contributed by atoms with E-state index in [-0.39, 0.29) is 0 Å². The van der Waals surface area contributed by atoms with Gasteiger partial charge in [-0.25, -0.2) is 0 Å². The molecule has 1 saturated carbocycles. The normalized spacial score (nSPS) is 33.0. The molecule has 1 nitrogen and oxygen atoms in total. The molecule has 1 atom stereocenters. The Hall–Kier alpha value is -0.0400. The number of rotatable bonds is 3. The standard InChI is InChI=1S/C9H17N/c1-2-8(1)3-4-9-5-6-10-7-9/h8-10H,1-7H2. The van der Waals surface area contributed by atoms with E-state index in [4.69, 9.17) is 0 Å². The molecule has 2 rings (SSSR count). The summed E-state index contributed by atoms with van der Waals surface area (Å²) in [6.45, 7) is 2.57. The van der Waals surface area contributed by atoms with Crippen molar-refractivity contribution in [2.45, 2.75) is 32.1 Å². The Kier molecular flexibility index (Phi) is 1.94. The minimum atomic E-state index is 1.03. The summed E-state index contributed by atoms with van der Waals surface area (Å²) >= 11 is 0. The lowest BCUT2D eigenvalue weighted by atomic mass is 10.0. The van der Waals surface area contributed by atoms with Crippen LogP contribution in [0.4, 0.5) is 0 Å². The zero-order valence-electron chi connectivity index (χ0n) is 6.60. The van der Waals surface area contributed by atoms with Crippen molar-refractivity contribution in [3.8, 4) is 0 Å². The van der Waals surface area contributed by atoms with Crippen molar-refractivity contribution in [3.05, 3.63) is 0 Å². The van der Waals surface area contributed by atoms with Crippen molar-refractivity contribution in [3.63, 3.8) is 0 Å². The molecule has 0 aromatic rings. The van der Waals surface area contributed by atoms with Gasteiger partial charge in [0, 0.05) is 0 Å². The molecular weight excluding hydrogens is 122 g/mol. The SMILES string of the molecule is C1CC(CCC2CC2)CN1. The molecule has 1 heterocycles. The van der Waals surface area contributed by atoms with Crippen molar-refractivity contribution < 1.29 is 0 Å². The third-order valence-corrected chi connectivity index (χ3v) is 2.84. The van der Waals surface area contributed by atoms with Gasteiger partial charge < -0.3 is 5.32 Å². The summed E-state index contributed by atoms with van der Waals surface area (Å²) in [5.74, 6) is 2.17. The molecule has 1 aliphatic carbocycles. The van der Waals surface area contributed by atoms with E-state index in [1.165, 1.54) is 45.2 Å². The highest BCUT2D eigenvalue weighted by Crippen LogP contribution is 2.35. The molecule has 0 aromatic heterocycles. The highest BCUT2D eigenvalue weighted by molar-refractivity contribution is 4.77. The molecule has 1 aliphatic heterocycles. The van der Waals surface area contributed by atoms with Gasteiger partial charge in [0.05, 0.1) is 0 Å². The van der Waals surface area contributed by atoms with Crippen LogP contribution in [0.25, 0.3) is 0 Å². The fourth-order valence-electron chi connectivity index (χ4n) is 1.84. The smallest absolute Gasteiger partial charge is 0.00200 e. The predicted octanol–water partition coefficient (Wildman–Crippen LogP) is 1.79. The van der Waals surface area contributed by atoms with Gasteiger partial charge in [-0.05, 0) is 37.8 Å². The van der Waals surface area contributed by atoms with E-state index in [0.29, 0.717) is 0 Å². The first-order chi connectivity index (χ1) is 4.95. The van der Waals surface area contributed by atoms with Crippen LogP contribution in [-0.4, -0.2) is 13.1 Å². The van der Waals surface area contributed by atoms with E-state index in [0.717, 1.165) is 11.8 Å². The third kappa shape index (κ3) is 1.72. The molecule has 10 heavy (non-hydrogen) atoms. The summed E-state index contributed by atoms with van der Waals surface area (Å²) in [6, 6.07) is 0. The first kappa shape index (κ1) is 6.66. The number of nitrogens with one attached hydrogen (secondary N) is 1. The maximum Gasteiger partial charge on any atom is -0.00200 e. The average Bonchev–Trinajstić information content (AvgIpc) is 2.63. The maximum atomic E-state index is 3.42. The Balaban J connectivity index is 1.59. The Morgan fingerprint density at radius 1 is 1.00 bits per heavy atom. The highest BCUT2D eigenvalue weighted by atomic mass is 14.9. The number of hydrogen-bond acceptors (Lipinski definition) is 1. The minimum absolute atomic E-state index is 1.03. The minimum Gasteiger partial charge on any atom is -0.316 e. The molecule has 1 N–H and O–H groups in total. The van der Waals surface area contributed by atoms with Crippen LogP contribution in [0.15, 0.2) is 0 Å². The van der Waals surface area contributed by atoms with Gasteiger partial charge in [-0.15, -0.1) is 0 Å². The van der Waals surface area contributed by atoms with E-state index >= 15 is 0 Å². The second kappa shape index (κ2) is 2.91. The predicted molar refractivity (Wildman–Crippen MR) is 42.9 cm³/mol. The van der Waals surface area contributed by atoms with Gasteiger partial charge in [-0.3, -0.25) is 0 Å². The van der Waals surface area contributed by atoms with E-state index < -0.39 is 0 Å². The molecular formula is C9H17N. The van der Waals surface area contributed by atoms with E-state index in [1.54, 1.807) is 0 Å². The molecule has 2 aliphatic rings. The van der Waals surface area contributed by atoms with E-state index in [2.05, 4.69) is 5.32 Å². The second-order valence-corrected chi connectivity index (χ2v) is 3.88. The van der Waals surface area contributed by atoms with Gasteiger partial charge in [0.1, 0.15) is 0 Å². The molecule has 1 heteroatoms. The fraction of sp³-hybridized carbons (Fsp3) is 1.00. The average molecular weight is 139 g/mol. The van der Waals surface area contributed by atoms with Gasteiger partial charge >= 0.3 is 0 Å². The highest BCUT2D eigenvalue weighted by Gasteiger charge is 2.23. The van der Waals surface area contributed by atoms with Crippen molar-refractivity contribution in [2.24, 2.45) is 11.8 Å². The van der Waals surface area contributed by atoms with Gasteiger partial charge in [0.15, 0.2) is 0 Å². The molecule has 0 radical (unpaired) electrons. The lowest BCUT2D eigenvalue weighted by molar-refractivity contribution is 0.489. The van der Waals surface area contributed by atoms with Crippen LogP contribution in [0, 0.1) is 11.8 Å². The lowest BCUT2D eigenvalue weighted by Gasteiger charge is -2.05. The molecule has 0 aromatic carbocycles. The van der Waals surface area contributed by atoms with Crippen molar-refractivity contribution in [2.75, 3.05) is 13.1 Å². The molecule has 0 amide bonds. The monoisotopic (exact) mass is 139 g/mol. The third-order valence-electron chi connectivity index (χ3n) is 2.84.